The standard InChI is InChI=1S/C21H38N6.HI/c1-18-23-13-16-26(18)14-7-6-12-24-21(22-2)25-19-9-8-15-27(17-19)20-10-4-3-5-11-20;/h13,16,19-20H,3-12,14-15,17H2,1-2H3,(H2,22,24,25);1H. The smallest absolute Gasteiger partial charge is 0.191 e. The van der Waals surface area contributed by atoms with Crippen molar-refractivity contribution in [1.82, 2.24) is 25.1 Å². The second kappa shape index (κ2) is 12.7. The summed E-state index contributed by atoms with van der Waals surface area (Å²) in [5, 5.41) is 7.17. The van der Waals surface area contributed by atoms with Crippen molar-refractivity contribution in [3.63, 3.8) is 0 Å². The lowest BCUT2D eigenvalue weighted by atomic mass is 9.92. The lowest BCUT2D eigenvalue weighted by Crippen LogP contribution is -2.53. The predicted octanol–water partition coefficient (Wildman–Crippen LogP) is 3.55. The fourth-order valence-electron chi connectivity index (χ4n) is 4.54. The van der Waals surface area contributed by atoms with Crippen LogP contribution < -0.4 is 10.6 Å². The molecule has 2 aliphatic rings. The van der Waals surface area contributed by atoms with Gasteiger partial charge in [-0.2, -0.15) is 0 Å². The van der Waals surface area contributed by atoms with Crippen molar-refractivity contribution in [1.29, 1.82) is 0 Å². The van der Waals surface area contributed by atoms with Crippen LogP contribution in [0, 0.1) is 6.92 Å². The largest absolute Gasteiger partial charge is 0.356 e. The van der Waals surface area contributed by atoms with Gasteiger partial charge in [0.25, 0.3) is 0 Å². The van der Waals surface area contributed by atoms with Crippen LogP contribution in [0.2, 0.25) is 0 Å². The van der Waals surface area contributed by atoms with Gasteiger partial charge in [-0.05, 0) is 52.0 Å². The van der Waals surface area contributed by atoms with E-state index in [1.807, 2.05) is 13.2 Å². The molecule has 2 N–H and O–H groups in total. The van der Waals surface area contributed by atoms with Gasteiger partial charge < -0.3 is 15.2 Å². The summed E-state index contributed by atoms with van der Waals surface area (Å²) in [5.41, 5.74) is 0. The maximum atomic E-state index is 4.44. The topological polar surface area (TPSA) is 57.5 Å². The van der Waals surface area contributed by atoms with Crippen LogP contribution >= 0.6 is 24.0 Å². The minimum Gasteiger partial charge on any atom is -0.356 e. The molecule has 6 nitrogen and oxygen atoms in total. The Kier molecular flexibility index (Phi) is 10.6. The van der Waals surface area contributed by atoms with Gasteiger partial charge in [0.15, 0.2) is 5.96 Å². The molecular formula is C21H39IN6. The van der Waals surface area contributed by atoms with Gasteiger partial charge in [0, 0.05) is 51.2 Å². The van der Waals surface area contributed by atoms with E-state index in [9.17, 15) is 0 Å². The van der Waals surface area contributed by atoms with Gasteiger partial charge in [0.2, 0.25) is 0 Å². The molecule has 0 spiro atoms. The van der Waals surface area contributed by atoms with E-state index in [4.69, 9.17) is 0 Å². The summed E-state index contributed by atoms with van der Waals surface area (Å²) in [5.74, 6) is 2.06. The van der Waals surface area contributed by atoms with Crippen molar-refractivity contribution in [2.45, 2.75) is 83.3 Å². The van der Waals surface area contributed by atoms with Crippen LogP contribution in [0.15, 0.2) is 17.4 Å². The summed E-state index contributed by atoms with van der Waals surface area (Å²) in [6.45, 7) is 6.52. The molecule has 1 unspecified atom stereocenters. The lowest BCUT2D eigenvalue weighted by Gasteiger charge is -2.40. The van der Waals surface area contributed by atoms with Crippen LogP contribution in [0.1, 0.15) is 63.6 Å². The fraction of sp³-hybridized carbons (Fsp3) is 0.810. The van der Waals surface area contributed by atoms with Crippen molar-refractivity contribution in [2.75, 3.05) is 26.7 Å². The number of halogens is 1. The molecule has 28 heavy (non-hydrogen) atoms. The first-order valence-electron chi connectivity index (χ1n) is 10.9. The molecule has 1 saturated carbocycles. The van der Waals surface area contributed by atoms with Gasteiger partial charge >= 0.3 is 0 Å². The Labute approximate surface area is 188 Å². The number of likely N-dealkylation sites (tertiary alicyclic amines) is 1. The molecule has 0 aromatic carbocycles. The molecule has 0 bridgehead atoms. The third-order valence-electron chi connectivity index (χ3n) is 6.15. The number of imidazole rings is 1. The number of nitrogens with zero attached hydrogens (tertiary/aromatic N) is 4. The van der Waals surface area contributed by atoms with E-state index in [2.05, 4.69) is 43.2 Å². The number of hydrogen-bond donors (Lipinski definition) is 2. The molecule has 160 valence electrons. The van der Waals surface area contributed by atoms with Gasteiger partial charge in [-0.25, -0.2) is 4.98 Å². The summed E-state index contributed by atoms with van der Waals surface area (Å²) in [7, 11) is 1.88. The Balaban J connectivity index is 0.00000280. The van der Waals surface area contributed by atoms with Gasteiger partial charge in [0.1, 0.15) is 5.82 Å². The van der Waals surface area contributed by atoms with Gasteiger partial charge in [-0.3, -0.25) is 9.89 Å². The van der Waals surface area contributed by atoms with Crippen LogP contribution in [-0.4, -0.2) is 59.2 Å². The number of aryl methyl sites for hydroxylation is 2. The maximum Gasteiger partial charge on any atom is 0.191 e. The number of piperidine rings is 1. The normalized spacial score (nSPS) is 21.9. The van der Waals surface area contributed by atoms with Crippen LogP contribution in [0.3, 0.4) is 0 Å². The number of guanidine groups is 1. The SMILES string of the molecule is CN=C(NCCCCn1ccnc1C)NC1CCCN(C2CCCCC2)C1.I. The average molecular weight is 502 g/mol. The number of rotatable bonds is 7. The molecule has 0 amide bonds. The minimum absolute atomic E-state index is 0. The molecule has 1 saturated heterocycles. The summed E-state index contributed by atoms with van der Waals surface area (Å²) < 4.78 is 2.22. The number of aliphatic imine (C=N–C) groups is 1. The highest BCUT2D eigenvalue weighted by atomic mass is 127. The van der Waals surface area contributed by atoms with E-state index >= 15 is 0 Å². The molecular weight excluding hydrogens is 463 g/mol. The van der Waals surface area contributed by atoms with Gasteiger partial charge in [-0.1, -0.05) is 19.3 Å². The third-order valence-corrected chi connectivity index (χ3v) is 6.15. The molecule has 1 aliphatic heterocycles. The molecule has 7 heteroatoms. The van der Waals surface area contributed by atoms with Gasteiger partial charge in [-0.15, -0.1) is 24.0 Å². The zero-order valence-electron chi connectivity index (χ0n) is 17.7. The Bertz CT molecular complexity index is 581. The molecule has 1 atom stereocenters. The molecule has 3 rings (SSSR count). The first-order valence-corrected chi connectivity index (χ1v) is 10.9. The minimum atomic E-state index is 0. The highest BCUT2D eigenvalue weighted by Gasteiger charge is 2.27. The first kappa shape index (κ1) is 23.4. The number of nitrogens with one attached hydrogen (secondary N) is 2. The Morgan fingerprint density at radius 2 is 2.00 bits per heavy atom. The first-order chi connectivity index (χ1) is 13.3. The average Bonchev–Trinajstić information content (AvgIpc) is 3.12. The highest BCUT2D eigenvalue weighted by Crippen LogP contribution is 2.25. The zero-order valence-corrected chi connectivity index (χ0v) is 20.0. The van der Waals surface area contributed by atoms with Crippen LogP contribution in [0.25, 0.3) is 0 Å². The summed E-state index contributed by atoms with van der Waals surface area (Å²) in [6.07, 6.45) is 15.8. The van der Waals surface area contributed by atoms with Crippen molar-refractivity contribution in [2.24, 2.45) is 4.99 Å². The van der Waals surface area contributed by atoms with Crippen molar-refractivity contribution in [3.05, 3.63) is 18.2 Å². The van der Waals surface area contributed by atoms with E-state index in [0.717, 1.165) is 43.8 Å². The van der Waals surface area contributed by atoms with E-state index in [1.54, 1.807) is 0 Å². The Hall–Kier alpha value is -0.830. The van der Waals surface area contributed by atoms with Crippen molar-refractivity contribution in [3.8, 4) is 0 Å². The highest BCUT2D eigenvalue weighted by molar-refractivity contribution is 14.0. The van der Waals surface area contributed by atoms with E-state index < -0.39 is 0 Å². The molecule has 0 radical (unpaired) electrons. The van der Waals surface area contributed by atoms with E-state index in [1.165, 1.54) is 58.0 Å². The van der Waals surface area contributed by atoms with Gasteiger partial charge in [0.05, 0.1) is 0 Å². The summed E-state index contributed by atoms with van der Waals surface area (Å²) in [6, 6.07) is 1.35. The molecule has 1 aromatic heterocycles. The maximum absolute atomic E-state index is 4.44. The molecule has 2 fully saturated rings. The van der Waals surface area contributed by atoms with Crippen LogP contribution in [-0.2, 0) is 6.54 Å². The second-order valence-corrected chi connectivity index (χ2v) is 8.14. The summed E-state index contributed by atoms with van der Waals surface area (Å²) >= 11 is 0. The fourth-order valence-corrected chi connectivity index (χ4v) is 4.54. The number of unbranched alkanes of at least 4 members (excludes halogenated alkanes) is 1. The Morgan fingerprint density at radius 1 is 1.18 bits per heavy atom. The Morgan fingerprint density at radius 3 is 2.71 bits per heavy atom. The monoisotopic (exact) mass is 502 g/mol. The molecule has 1 aliphatic carbocycles. The number of hydrogen-bond acceptors (Lipinski definition) is 3. The van der Waals surface area contributed by atoms with Crippen LogP contribution in [0.4, 0.5) is 0 Å². The van der Waals surface area contributed by atoms with E-state index in [-0.39, 0.29) is 24.0 Å². The number of aromatic nitrogens is 2. The predicted molar refractivity (Wildman–Crippen MR) is 128 cm³/mol. The molecule has 1 aromatic rings. The van der Waals surface area contributed by atoms with Crippen molar-refractivity contribution < 1.29 is 0 Å². The van der Waals surface area contributed by atoms with Crippen LogP contribution in [0.5, 0.6) is 0 Å². The second-order valence-electron chi connectivity index (χ2n) is 8.14. The third kappa shape index (κ3) is 7.21. The summed E-state index contributed by atoms with van der Waals surface area (Å²) in [4.78, 5) is 11.5. The lowest BCUT2D eigenvalue weighted by molar-refractivity contribution is 0.115. The zero-order chi connectivity index (χ0) is 18.9. The van der Waals surface area contributed by atoms with E-state index in [0.29, 0.717) is 6.04 Å². The molecule has 2 heterocycles. The van der Waals surface area contributed by atoms with Crippen molar-refractivity contribution >= 4 is 29.9 Å². The quantitative estimate of drug-likeness (QED) is 0.259.